The van der Waals surface area contributed by atoms with E-state index in [4.69, 9.17) is 11.6 Å². The first-order valence-corrected chi connectivity index (χ1v) is 7.62. The molecule has 2 aromatic carbocycles. The van der Waals surface area contributed by atoms with Crippen LogP contribution in [0.15, 0.2) is 53.0 Å². The molecule has 1 unspecified atom stereocenters. The van der Waals surface area contributed by atoms with Crippen LogP contribution in [0, 0.1) is 0 Å². The number of hydrogen-bond acceptors (Lipinski definition) is 1. The van der Waals surface area contributed by atoms with E-state index in [2.05, 4.69) is 58.5 Å². The first-order valence-electron chi connectivity index (χ1n) is 6.45. The second kappa shape index (κ2) is 7.09. The summed E-state index contributed by atoms with van der Waals surface area (Å²) in [5, 5.41) is 4.35. The van der Waals surface area contributed by atoms with E-state index in [1.54, 1.807) is 0 Å². The molecule has 0 saturated carbocycles. The number of nitrogens with one attached hydrogen (secondary N) is 1. The SMILES string of the molecule is CCCNC(c1ccc(Br)cc1)c1cccc(Cl)c1. The maximum atomic E-state index is 6.10. The Morgan fingerprint density at radius 1 is 1.11 bits per heavy atom. The first kappa shape index (κ1) is 14.6. The van der Waals surface area contributed by atoms with Gasteiger partial charge in [-0.3, -0.25) is 0 Å². The van der Waals surface area contributed by atoms with E-state index >= 15 is 0 Å². The standard InChI is InChI=1S/C16H17BrClN/c1-2-10-19-16(12-6-8-14(17)9-7-12)13-4-3-5-15(18)11-13/h3-9,11,16,19H,2,10H2,1H3. The van der Waals surface area contributed by atoms with Gasteiger partial charge in [-0.15, -0.1) is 0 Å². The summed E-state index contributed by atoms with van der Waals surface area (Å²) in [5.74, 6) is 0. The molecular weight excluding hydrogens is 322 g/mol. The van der Waals surface area contributed by atoms with Crippen molar-refractivity contribution in [1.29, 1.82) is 0 Å². The monoisotopic (exact) mass is 337 g/mol. The molecule has 2 rings (SSSR count). The molecule has 0 bridgehead atoms. The minimum Gasteiger partial charge on any atom is -0.306 e. The third-order valence-corrected chi connectivity index (χ3v) is 3.75. The minimum atomic E-state index is 0.187. The van der Waals surface area contributed by atoms with Crippen molar-refractivity contribution in [3.05, 3.63) is 69.2 Å². The molecule has 100 valence electrons. The van der Waals surface area contributed by atoms with Crippen LogP contribution in [-0.2, 0) is 0 Å². The highest BCUT2D eigenvalue weighted by Gasteiger charge is 2.13. The summed E-state index contributed by atoms with van der Waals surface area (Å²) < 4.78 is 1.09. The summed E-state index contributed by atoms with van der Waals surface area (Å²) >= 11 is 9.57. The molecular formula is C16H17BrClN. The predicted molar refractivity (Wildman–Crippen MR) is 85.7 cm³/mol. The van der Waals surface area contributed by atoms with Crippen LogP contribution in [0.3, 0.4) is 0 Å². The Hall–Kier alpha value is -0.830. The van der Waals surface area contributed by atoms with Gasteiger partial charge >= 0.3 is 0 Å². The molecule has 0 radical (unpaired) electrons. The van der Waals surface area contributed by atoms with Gasteiger partial charge in [0, 0.05) is 9.50 Å². The van der Waals surface area contributed by atoms with Gasteiger partial charge in [0.1, 0.15) is 0 Å². The van der Waals surface area contributed by atoms with Crippen LogP contribution in [0.2, 0.25) is 5.02 Å². The fourth-order valence-electron chi connectivity index (χ4n) is 2.06. The van der Waals surface area contributed by atoms with Crippen LogP contribution in [0.4, 0.5) is 0 Å². The van der Waals surface area contributed by atoms with Crippen LogP contribution in [0.1, 0.15) is 30.5 Å². The fourth-order valence-corrected chi connectivity index (χ4v) is 2.52. The zero-order valence-corrected chi connectivity index (χ0v) is 13.2. The molecule has 0 aromatic heterocycles. The molecule has 0 amide bonds. The van der Waals surface area contributed by atoms with Crippen LogP contribution < -0.4 is 5.32 Å². The first-order chi connectivity index (χ1) is 9.20. The van der Waals surface area contributed by atoms with Crippen LogP contribution in [0.5, 0.6) is 0 Å². The highest BCUT2D eigenvalue weighted by atomic mass is 79.9. The molecule has 0 aliphatic heterocycles. The van der Waals surface area contributed by atoms with Gasteiger partial charge in [-0.25, -0.2) is 0 Å². The molecule has 0 aliphatic carbocycles. The molecule has 0 fully saturated rings. The Bertz CT molecular complexity index is 525. The average molecular weight is 339 g/mol. The van der Waals surface area contributed by atoms with E-state index in [1.165, 1.54) is 11.1 Å². The van der Waals surface area contributed by atoms with Crippen LogP contribution >= 0.6 is 27.5 Å². The van der Waals surface area contributed by atoms with Gasteiger partial charge in [-0.1, -0.05) is 58.7 Å². The normalized spacial score (nSPS) is 12.4. The number of benzene rings is 2. The second-order valence-corrected chi connectivity index (χ2v) is 5.85. The lowest BCUT2D eigenvalue weighted by Gasteiger charge is -2.20. The third kappa shape index (κ3) is 4.07. The van der Waals surface area contributed by atoms with Crippen molar-refractivity contribution < 1.29 is 0 Å². The van der Waals surface area contributed by atoms with Crippen LogP contribution in [-0.4, -0.2) is 6.54 Å². The molecule has 0 aliphatic rings. The molecule has 0 heterocycles. The lowest BCUT2D eigenvalue weighted by atomic mass is 9.98. The Kier molecular flexibility index (Phi) is 5.44. The van der Waals surface area contributed by atoms with Gasteiger partial charge in [-0.05, 0) is 48.4 Å². The summed E-state index contributed by atoms with van der Waals surface area (Å²) in [7, 11) is 0. The molecule has 2 aromatic rings. The smallest absolute Gasteiger partial charge is 0.0577 e. The van der Waals surface area contributed by atoms with Crippen molar-refractivity contribution in [3.8, 4) is 0 Å². The van der Waals surface area contributed by atoms with E-state index < -0.39 is 0 Å². The van der Waals surface area contributed by atoms with Gasteiger partial charge in [-0.2, -0.15) is 0 Å². The molecule has 0 spiro atoms. The van der Waals surface area contributed by atoms with Gasteiger partial charge < -0.3 is 5.32 Å². The topological polar surface area (TPSA) is 12.0 Å². The van der Waals surface area contributed by atoms with Gasteiger partial charge in [0.2, 0.25) is 0 Å². The Labute approximate surface area is 128 Å². The van der Waals surface area contributed by atoms with Crippen LogP contribution in [0.25, 0.3) is 0 Å². The van der Waals surface area contributed by atoms with Crippen molar-refractivity contribution >= 4 is 27.5 Å². The van der Waals surface area contributed by atoms with Crippen molar-refractivity contribution in [1.82, 2.24) is 5.32 Å². The zero-order chi connectivity index (χ0) is 13.7. The maximum absolute atomic E-state index is 6.10. The van der Waals surface area contributed by atoms with E-state index in [0.29, 0.717) is 0 Å². The van der Waals surface area contributed by atoms with Crippen molar-refractivity contribution in [2.75, 3.05) is 6.54 Å². The lowest BCUT2D eigenvalue weighted by molar-refractivity contribution is 0.598. The summed E-state index contributed by atoms with van der Waals surface area (Å²) in [5.41, 5.74) is 2.45. The second-order valence-electron chi connectivity index (χ2n) is 4.49. The largest absolute Gasteiger partial charge is 0.306 e. The zero-order valence-electron chi connectivity index (χ0n) is 10.9. The fraction of sp³-hybridized carbons (Fsp3) is 0.250. The highest BCUT2D eigenvalue weighted by Crippen LogP contribution is 2.25. The summed E-state index contributed by atoms with van der Waals surface area (Å²) in [4.78, 5) is 0. The summed E-state index contributed by atoms with van der Waals surface area (Å²) in [6.07, 6.45) is 1.10. The van der Waals surface area contributed by atoms with Crippen molar-refractivity contribution in [3.63, 3.8) is 0 Å². The molecule has 3 heteroatoms. The van der Waals surface area contributed by atoms with Gasteiger partial charge in [0.15, 0.2) is 0 Å². The Balaban J connectivity index is 2.32. The van der Waals surface area contributed by atoms with E-state index in [0.717, 1.165) is 22.5 Å². The van der Waals surface area contributed by atoms with Crippen molar-refractivity contribution in [2.45, 2.75) is 19.4 Å². The predicted octanol–water partition coefficient (Wildman–Crippen LogP) is 5.19. The summed E-state index contributed by atoms with van der Waals surface area (Å²) in [6.45, 7) is 3.15. The van der Waals surface area contributed by atoms with Gasteiger partial charge in [0.05, 0.1) is 6.04 Å². The molecule has 19 heavy (non-hydrogen) atoms. The quantitative estimate of drug-likeness (QED) is 0.791. The average Bonchev–Trinajstić information content (AvgIpc) is 2.41. The van der Waals surface area contributed by atoms with E-state index in [-0.39, 0.29) is 6.04 Å². The third-order valence-electron chi connectivity index (χ3n) is 2.98. The van der Waals surface area contributed by atoms with E-state index in [9.17, 15) is 0 Å². The Morgan fingerprint density at radius 3 is 2.47 bits per heavy atom. The van der Waals surface area contributed by atoms with E-state index in [1.807, 2.05) is 18.2 Å². The summed E-state index contributed by atoms with van der Waals surface area (Å²) in [6, 6.07) is 16.6. The molecule has 0 saturated heterocycles. The molecule has 1 nitrogen and oxygen atoms in total. The molecule has 1 N–H and O–H groups in total. The Morgan fingerprint density at radius 2 is 1.84 bits per heavy atom. The maximum Gasteiger partial charge on any atom is 0.0577 e. The van der Waals surface area contributed by atoms with Crippen molar-refractivity contribution in [2.24, 2.45) is 0 Å². The number of halogens is 2. The number of rotatable bonds is 5. The highest BCUT2D eigenvalue weighted by molar-refractivity contribution is 9.10. The number of hydrogen-bond donors (Lipinski definition) is 1. The lowest BCUT2D eigenvalue weighted by Crippen LogP contribution is -2.23. The molecule has 1 atom stereocenters. The minimum absolute atomic E-state index is 0.187. The van der Waals surface area contributed by atoms with Gasteiger partial charge in [0.25, 0.3) is 0 Å².